The molecule has 0 unspecified atom stereocenters. The molecule has 7 heteroatoms. The lowest BCUT2D eigenvalue weighted by Gasteiger charge is -2.33. The van der Waals surface area contributed by atoms with Crippen LogP contribution in [0.2, 0.25) is 0 Å². The summed E-state index contributed by atoms with van der Waals surface area (Å²) in [5, 5.41) is 12.6. The number of benzene rings is 1. The van der Waals surface area contributed by atoms with Crippen molar-refractivity contribution in [2.75, 3.05) is 0 Å². The van der Waals surface area contributed by atoms with Gasteiger partial charge in [0.15, 0.2) is 0 Å². The van der Waals surface area contributed by atoms with Crippen LogP contribution in [0, 0.1) is 0 Å². The molecule has 0 bridgehead atoms. The van der Waals surface area contributed by atoms with Crippen molar-refractivity contribution < 1.29 is 28.9 Å². The summed E-state index contributed by atoms with van der Waals surface area (Å²) < 4.78 is 16.0. The number of hydrogen-bond donors (Lipinski definition) is 2. The maximum absolute atomic E-state index is 12.3. The Balaban J connectivity index is 2.33. The highest BCUT2D eigenvalue weighted by Crippen LogP contribution is 2.38. The van der Waals surface area contributed by atoms with Gasteiger partial charge in [0, 0.05) is 19.9 Å². The molecule has 0 saturated carbocycles. The molecular weight excluding hydrogens is 314 g/mol. The van der Waals surface area contributed by atoms with Crippen LogP contribution in [0.4, 0.5) is 4.79 Å². The zero-order valence-corrected chi connectivity index (χ0v) is 14.7. The number of carbonyl (C=O) groups excluding carboxylic acids is 2. The molecule has 0 aliphatic carbocycles. The molecule has 1 aromatic rings. The molecule has 1 heterocycles. The lowest BCUT2D eigenvalue weighted by Crippen LogP contribution is -2.40. The van der Waals surface area contributed by atoms with Crippen molar-refractivity contribution in [3.8, 4) is 11.5 Å². The molecule has 1 aliphatic rings. The molecule has 1 aliphatic heterocycles. The molecule has 0 fully saturated rings. The molecule has 1 amide bonds. The minimum atomic E-state index is -1.13. The lowest BCUT2D eigenvalue weighted by atomic mass is 9.99. The van der Waals surface area contributed by atoms with Crippen LogP contribution in [0.25, 0.3) is 0 Å². The van der Waals surface area contributed by atoms with E-state index >= 15 is 0 Å². The molecule has 7 nitrogen and oxygen atoms in total. The molecule has 2 N–H and O–H groups in total. The second kappa shape index (κ2) is 5.89. The number of aromatic hydroxyl groups is 1. The number of alkyl carbamates (subject to hydrolysis) is 1. The van der Waals surface area contributed by atoms with Gasteiger partial charge in [-0.1, -0.05) is 0 Å². The average molecular weight is 337 g/mol. The Labute approximate surface area is 140 Å². The van der Waals surface area contributed by atoms with Crippen molar-refractivity contribution >= 4 is 12.1 Å². The van der Waals surface area contributed by atoms with Crippen molar-refractivity contribution in [1.29, 1.82) is 0 Å². The van der Waals surface area contributed by atoms with Gasteiger partial charge in [-0.3, -0.25) is 0 Å². The third-order valence-electron chi connectivity index (χ3n) is 3.22. The van der Waals surface area contributed by atoms with E-state index in [9.17, 15) is 14.7 Å². The first-order valence-corrected chi connectivity index (χ1v) is 7.67. The fourth-order valence-corrected chi connectivity index (χ4v) is 2.38. The lowest BCUT2D eigenvalue weighted by molar-refractivity contribution is -0.127. The number of rotatable bonds is 2. The van der Waals surface area contributed by atoms with Crippen molar-refractivity contribution in [1.82, 2.24) is 5.32 Å². The first kappa shape index (κ1) is 17.9. The van der Waals surface area contributed by atoms with Crippen LogP contribution in [-0.4, -0.2) is 28.6 Å². The number of ether oxygens (including phenoxy) is 3. The van der Waals surface area contributed by atoms with E-state index in [1.807, 2.05) is 0 Å². The summed E-state index contributed by atoms with van der Waals surface area (Å²) in [6.45, 7) is 10.1. The van der Waals surface area contributed by atoms with Gasteiger partial charge in [0.05, 0.1) is 6.04 Å². The van der Waals surface area contributed by atoms with Gasteiger partial charge in [0.25, 0.3) is 0 Å². The topological polar surface area (TPSA) is 94.1 Å². The first-order valence-electron chi connectivity index (χ1n) is 7.67. The van der Waals surface area contributed by atoms with Gasteiger partial charge < -0.3 is 24.6 Å². The Hall–Kier alpha value is -2.44. The number of phenols is 1. The standard InChI is InChI=1S/C17H23NO6/c1-9(18-15(21)24-16(2,3)4)11-7-10(19)8-12-13(11)14(20)23-17(5,6)22-12/h7-9,19H,1-6H3,(H,18,21)/t9-/m0/s1. The maximum Gasteiger partial charge on any atom is 0.408 e. The molecule has 0 radical (unpaired) electrons. The summed E-state index contributed by atoms with van der Waals surface area (Å²) in [7, 11) is 0. The van der Waals surface area contributed by atoms with E-state index in [0.29, 0.717) is 5.56 Å². The summed E-state index contributed by atoms with van der Waals surface area (Å²) >= 11 is 0. The highest BCUT2D eigenvalue weighted by atomic mass is 16.7. The van der Waals surface area contributed by atoms with E-state index < -0.39 is 29.5 Å². The summed E-state index contributed by atoms with van der Waals surface area (Å²) in [4.78, 5) is 24.3. The Bertz CT molecular complexity index is 674. The summed E-state index contributed by atoms with van der Waals surface area (Å²) in [6.07, 6.45) is -0.627. The van der Waals surface area contributed by atoms with Gasteiger partial charge in [-0.05, 0) is 39.3 Å². The van der Waals surface area contributed by atoms with Crippen LogP contribution < -0.4 is 10.1 Å². The largest absolute Gasteiger partial charge is 0.508 e. The third kappa shape index (κ3) is 4.10. The molecule has 1 aromatic carbocycles. The smallest absolute Gasteiger partial charge is 0.408 e. The van der Waals surface area contributed by atoms with Crippen LogP contribution in [0.15, 0.2) is 12.1 Å². The van der Waals surface area contributed by atoms with E-state index in [4.69, 9.17) is 14.2 Å². The number of cyclic esters (lactones) is 1. The number of fused-ring (bicyclic) bond motifs is 1. The van der Waals surface area contributed by atoms with Crippen LogP contribution >= 0.6 is 0 Å². The van der Waals surface area contributed by atoms with Gasteiger partial charge in [0.1, 0.15) is 22.7 Å². The van der Waals surface area contributed by atoms with E-state index in [2.05, 4.69) is 5.32 Å². The number of nitrogens with one attached hydrogen (secondary N) is 1. The Morgan fingerprint density at radius 3 is 2.50 bits per heavy atom. The van der Waals surface area contributed by atoms with E-state index in [1.54, 1.807) is 41.5 Å². The van der Waals surface area contributed by atoms with Crippen molar-refractivity contribution in [3.05, 3.63) is 23.3 Å². The predicted molar refractivity (Wildman–Crippen MR) is 86.0 cm³/mol. The van der Waals surface area contributed by atoms with Gasteiger partial charge in [-0.2, -0.15) is 0 Å². The summed E-state index contributed by atoms with van der Waals surface area (Å²) in [6, 6.07) is 2.14. The van der Waals surface area contributed by atoms with Gasteiger partial charge in [0.2, 0.25) is 5.79 Å². The number of hydrogen-bond acceptors (Lipinski definition) is 6. The number of carbonyl (C=O) groups is 2. The maximum atomic E-state index is 12.3. The Morgan fingerprint density at radius 1 is 1.29 bits per heavy atom. The van der Waals surface area contributed by atoms with E-state index in [-0.39, 0.29) is 17.1 Å². The van der Waals surface area contributed by atoms with Crippen LogP contribution in [-0.2, 0) is 9.47 Å². The molecule has 24 heavy (non-hydrogen) atoms. The minimum Gasteiger partial charge on any atom is -0.508 e. The van der Waals surface area contributed by atoms with E-state index in [1.165, 1.54) is 12.1 Å². The molecule has 0 aromatic heterocycles. The van der Waals surface area contributed by atoms with Crippen LogP contribution in [0.3, 0.4) is 0 Å². The molecule has 1 atom stereocenters. The van der Waals surface area contributed by atoms with Gasteiger partial charge >= 0.3 is 12.1 Å². The molecule has 2 rings (SSSR count). The number of esters is 1. The Kier molecular flexibility index (Phi) is 4.39. The second-order valence-corrected chi connectivity index (χ2v) is 7.17. The fraction of sp³-hybridized carbons (Fsp3) is 0.529. The first-order chi connectivity index (χ1) is 10.9. The molecular formula is C17H23NO6. The quantitative estimate of drug-likeness (QED) is 0.805. The van der Waals surface area contributed by atoms with Crippen LogP contribution in [0.5, 0.6) is 11.5 Å². The summed E-state index contributed by atoms with van der Waals surface area (Å²) in [5.74, 6) is -1.57. The fourth-order valence-electron chi connectivity index (χ4n) is 2.38. The molecule has 132 valence electrons. The molecule has 0 spiro atoms. The minimum absolute atomic E-state index is 0.0768. The van der Waals surface area contributed by atoms with Crippen molar-refractivity contribution in [2.24, 2.45) is 0 Å². The Morgan fingerprint density at radius 2 is 1.92 bits per heavy atom. The normalized spacial score (nSPS) is 17.2. The zero-order chi connectivity index (χ0) is 18.3. The van der Waals surface area contributed by atoms with Crippen LogP contribution in [0.1, 0.15) is 63.5 Å². The monoisotopic (exact) mass is 337 g/mol. The average Bonchev–Trinajstić information content (AvgIpc) is 2.32. The van der Waals surface area contributed by atoms with E-state index in [0.717, 1.165) is 0 Å². The highest BCUT2D eigenvalue weighted by molar-refractivity contribution is 5.96. The SMILES string of the molecule is C[C@H](NC(=O)OC(C)(C)C)c1cc(O)cc2c1C(=O)OC(C)(C)O2. The van der Waals surface area contributed by atoms with Crippen molar-refractivity contribution in [3.63, 3.8) is 0 Å². The zero-order valence-electron chi connectivity index (χ0n) is 14.7. The second-order valence-electron chi connectivity index (χ2n) is 7.17. The van der Waals surface area contributed by atoms with Gasteiger partial charge in [-0.15, -0.1) is 0 Å². The van der Waals surface area contributed by atoms with Crippen molar-refractivity contribution in [2.45, 2.75) is 59.0 Å². The molecule has 0 saturated heterocycles. The predicted octanol–water partition coefficient (Wildman–Crippen LogP) is 3.26. The van der Waals surface area contributed by atoms with Gasteiger partial charge in [-0.25, -0.2) is 9.59 Å². The highest BCUT2D eigenvalue weighted by Gasteiger charge is 2.37. The number of amides is 1. The summed E-state index contributed by atoms with van der Waals surface area (Å²) in [5.41, 5.74) is -0.0826. The number of phenolic OH excluding ortho intramolecular Hbond substituents is 1. The third-order valence-corrected chi connectivity index (χ3v) is 3.22.